The zero-order chi connectivity index (χ0) is 28.1. The van der Waals surface area contributed by atoms with Crippen molar-refractivity contribution in [1.29, 1.82) is 0 Å². The monoisotopic (exact) mass is 530 g/mol. The Labute approximate surface area is 231 Å². The third-order valence-corrected chi connectivity index (χ3v) is 6.34. The molecule has 0 spiro atoms. The standard InChI is InChI=1S/C32H26N4O4/c1-20-17-27(28(40-2)19-26(20)34-31(38)21-11-5-3-6-12-21)35-36-29-24-16-10-9-13-22(24)18-25(30(29)37)32(39)33-23-14-7-4-8-15-23/h3-19,37H,1-2H3,(H,33,39)(H,34,38)/b36-35+. The van der Waals surface area contributed by atoms with E-state index in [0.29, 0.717) is 33.8 Å². The fraction of sp³-hybridized carbons (Fsp3) is 0.0625. The number of nitrogens with one attached hydrogen (secondary N) is 2. The summed E-state index contributed by atoms with van der Waals surface area (Å²) in [5.41, 5.74) is 3.05. The minimum absolute atomic E-state index is 0.0682. The molecule has 3 N–H and O–H groups in total. The van der Waals surface area contributed by atoms with Gasteiger partial charge >= 0.3 is 0 Å². The first kappa shape index (κ1) is 26.1. The van der Waals surface area contributed by atoms with Crippen LogP contribution in [0.3, 0.4) is 0 Å². The lowest BCUT2D eigenvalue weighted by atomic mass is 10.0. The number of ether oxygens (including phenoxy) is 1. The maximum absolute atomic E-state index is 13.1. The van der Waals surface area contributed by atoms with Gasteiger partial charge < -0.3 is 20.5 Å². The first-order chi connectivity index (χ1) is 19.4. The molecule has 0 unspecified atom stereocenters. The van der Waals surface area contributed by atoms with Crippen molar-refractivity contribution in [2.75, 3.05) is 17.7 Å². The van der Waals surface area contributed by atoms with Crippen LogP contribution in [0, 0.1) is 6.92 Å². The van der Waals surface area contributed by atoms with E-state index in [1.165, 1.54) is 7.11 Å². The second-order valence-corrected chi connectivity index (χ2v) is 9.02. The minimum atomic E-state index is -0.474. The maximum Gasteiger partial charge on any atom is 0.259 e. The van der Waals surface area contributed by atoms with Gasteiger partial charge in [0, 0.05) is 28.4 Å². The van der Waals surface area contributed by atoms with Crippen LogP contribution in [-0.4, -0.2) is 24.0 Å². The van der Waals surface area contributed by atoms with Crippen LogP contribution in [0.4, 0.5) is 22.7 Å². The molecule has 2 amide bonds. The number of carbonyl (C=O) groups is 2. The highest BCUT2D eigenvalue weighted by Crippen LogP contribution is 2.41. The first-order valence-corrected chi connectivity index (χ1v) is 12.5. The lowest BCUT2D eigenvalue weighted by Crippen LogP contribution is -2.12. The molecule has 0 atom stereocenters. The number of amides is 2. The highest BCUT2D eigenvalue weighted by atomic mass is 16.5. The van der Waals surface area contributed by atoms with E-state index in [9.17, 15) is 14.7 Å². The molecule has 0 saturated heterocycles. The number of methoxy groups -OCH3 is 1. The Hall–Kier alpha value is -5.50. The molecule has 0 bridgehead atoms. The third-order valence-electron chi connectivity index (χ3n) is 6.34. The van der Waals surface area contributed by atoms with Crippen LogP contribution in [0.1, 0.15) is 26.3 Å². The Morgan fingerprint density at radius 1 is 0.775 bits per heavy atom. The zero-order valence-electron chi connectivity index (χ0n) is 21.9. The number of rotatable bonds is 7. The number of hydrogen-bond donors (Lipinski definition) is 3. The summed E-state index contributed by atoms with van der Waals surface area (Å²) in [4.78, 5) is 25.8. The van der Waals surface area contributed by atoms with Gasteiger partial charge in [-0.3, -0.25) is 9.59 Å². The molecule has 8 nitrogen and oxygen atoms in total. The van der Waals surface area contributed by atoms with Gasteiger partial charge in [-0.1, -0.05) is 60.7 Å². The van der Waals surface area contributed by atoms with Crippen LogP contribution in [-0.2, 0) is 0 Å². The number of para-hydroxylation sites is 1. The minimum Gasteiger partial charge on any atom is -0.505 e. The molecule has 0 aliphatic carbocycles. The molecule has 0 aromatic heterocycles. The van der Waals surface area contributed by atoms with Crippen LogP contribution in [0.5, 0.6) is 11.5 Å². The zero-order valence-corrected chi connectivity index (χ0v) is 21.9. The van der Waals surface area contributed by atoms with Crippen molar-refractivity contribution in [1.82, 2.24) is 0 Å². The highest BCUT2D eigenvalue weighted by Gasteiger charge is 2.19. The van der Waals surface area contributed by atoms with Crippen molar-refractivity contribution in [3.05, 3.63) is 120 Å². The SMILES string of the molecule is COc1cc(NC(=O)c2ccccc2)c(C)cc1/N=N/c1c(O)c(C(=O)Nc2ccccc2)cc2ccccc12. The molecular weight excluding hydrogens is 504 g/mol. The third kappa shape index (κ3) is 5.51. The number of fused-ring (bicyclic) bond motifs is 1. The van der Waals surface area contributed by atoms with Crippen LogP contribution in [0.25, 0.3) is 10.8 Å². The van der Waals surface area contributed by atoms with E-state index in [4.69, 9.17) is 4.74 Å². The lowest BCUT2D eigenvalue weighted by molar-refractivity contribution is 0.101. The molecule has 0 aliphatic rings. The number of anilines is 2. The Balaban J connectivity index is 1.50. The highest BCUT2D eigenvalue weighted by molar-refractivity contribution is 6.11. The van der Waals surface area contributed by atoms with Gasteiger partial charge in [-0.05, 0) is 54.3 Å². The maximum atomic E-state index is 13.1. The topological polar surface area (TPSA) is 112 Å². The Kier molecular flexibility index (Phi) is 7.50. The fourth-order valence-electron chi connectivity index (χ4n) is 4.25. The number of azo groups is 1. The van der Waals surface area contributed by atoms with Gasteiger partial charge in [0.15, 0.2) is 5.75 Å². The van der Waals surface area contributed by atoms with Crippen LogP contribution >= 0.6 is 0 Å². The molecule has 5 aromatic rings. The normalized spacial score (nSPS) is 10.9. The fourth-order valence-corrected chi connectivity index (χ4v) is 4.25. The molecule has 0 heterocycles. The van der Waals surface area contributed by atoms with Crippen molar-refractivity contribution in [2.24, 2.45) is 10.2 Å². The van der Waals surface area contributed by atoms with Gasteiger partial charge in [0.2, 0.25) is 0 Å². The van der Waals surface area contributed by atoms with Gasteiger partial charge in [0.1, 0.15) is 17.1 Å². The number of aromatic hydroxyl groups is 1. The van der Waals surface area contributed by atoms with E-state index in [2.05, 4.69) is 20.9 Å². The summed E-state index contributed by atoms with van der Waals surface area (Å²) < 4.78 is 5.53. The molecular formula is C32H26N4O4. The van der Waals surface area contributed by atoms with Crippen LogP contribution < -0.4 is 15.4 Å². The quantitative estimate of drug-likeness (QED) is 0.186. The second-order valence-electron chi connectivity index (χ2n) is 9.02. The number of aryl methyl sites for hydroxylation is 1. The Morgan fingerprint density at radius 2 is 1.45 bits per heavy atom. The van der Waals surface area contributed by atoms with E-state index < -0.39 is 5.91 Å². The summed E-state index contributed by atoms with van der Waals surface area (Å²) in [7, 11) is 1.49. The number of hydrogen-bond acceptors (Lipinski definition) is 6. The summed E-state index contributed by atoms with van der Waals surface area (Å²) in [6.45, 7) is 1.83. The van der Waals surface area contributed by atoms with E-state index >= 15 is 0 Å². The number of nitrogens with zero attached hydrogens (tertiary/aromatic N) is 2. The second kappa shape index (κ2) is 11.5. The molecule has 5 rings (SSSR count). The number of carbonyl (C=O) groups excluding carboxylic acids is 2. The largest absolute Gasteiger partial charge is 0.505 e. The smallest absolute Gasteiger partial charge is 0.259 e. The molecule has 0 radical (unpaired) electrons. The van der Waals surface area contributed by atoms with Gasteiger partial charge in [-0.25, -0.2) is 0 Å². The predicted molar refractivity (Wildman–Crippen MR) is 156 cm³/mol. The van der Waals surface area contributed by atoms with Gasteiger partial charge in [-0.2, -0.15) is 0 Å². The van der Waals surface area contributed by atoms with Crippen molar-refractivity contribution < 1.29 is 19.4 Å². The Bertz CT molecular complexity index is 1740. The first-order valence-electron chi connectivity index (χ1n) is 12.5. The summed E-state index contributed by atoms with van der Waals surface area (Å²) in [5, 5.41) is 26.9. The molecule has 40 heavy (non-hydrogen) atoms. The Morgan fingerprint density at radius 3 is 2.17 bits per heavy atom. The summed E-state index contributed by atoms with van der Waals surface area (Å²) >= 11 is 0. The molecule has 0 fully saturated rings. The van der Waals surface area contributed by atoms with E-state index in [-0.39, 0.29) is 22.9 Å². The van der Waals surface area contributed by atoms with E-state index in [1.807, 2.05) is 49.4 Å². The van der Waals surface area contributed by atoms with Crippen molar-refractivity contribution in [3.63, 3.8) is 0 Å². The van der Waals surface area contributed by atoms with Crippen molar-refractivity contribution >= 4 is 45.3 Å². The van der Waals surface area contributed by atoms with Gasteiger partial charge in [0.05, 0.1) is 12.7 Å². The van der Waals surface area contributed by atoms with Crippen molar-refractivity contribution in [2.45, 2.75) is 6.92 Å². The van der Waals surface area contributed by atoms with Gasteiger partial charge in [0.25, 0.3) is 11.8 Å². The summed E-state index contributed by atoms with van der Waals surface area (Å²) in [6, 6.07) is 30.2. The lowest BCUT2D eigenvalue weighted by Gasteiger charge is -2.13. The number of phenolic OH excluding ortho intramolecular Hbond substituents is 1. The average molecular weight is 531 g/mol. The average Bonchev–Trinajstić information content (AvgIpc) is 2.98. The molecule has 8 heteroatoms. The van der Waals surface area contributed by atoms with Crippen LogP contribution in [0.15, 0.2) is 113 Å². The molecule has 0 saturated carbocycles. The van der Waals surface area contributed by atoms with Crippen LogP contribution in [0.2, 0.25) is 0 Å². The predicted octanol–water partition coefficient (Wildman–Crippen LogP) is 7.78. The number of phenols is 1. The number of benzene rings is 5. The summed E-state index contributed by atoms with van der Waals surface area (Å²) in [6.07, 6.45) is 0. The summed E-state index contributed by atoms with van der Waals surface area (Å²) in [5.74, 6) is -0.641. The molecule has 198 valence electrons. The molecule has 5 aromatic carbocycles. The van der Waals surface area contributed by atoms with Gasteiger partial charge in [-0.15, -0.1) is 10.2 Å². The van der Waals surface area contributed by atoms with E-state index in [0.717, 1.165) is 10.9 Å². The van der Waals surface area contributed by atoms with E-state index in [1.54, 1.807) is 60.7 Å². The van der Waals surface area contributed by atoms with Crippen molar-refractivity contribution in [3.8, 4) is 11.5 Å². The molecule has 0 aliphatic heterocycles.